The van der Waals surface area contributed by atoms with E-state index in [9.17, 15) is 9.50 Å². The van der Waals surface area contributed by atoms with Gasteiger partial charge in [0.2, 0.25) is 5.82 Å². The molecule has 0 saturated carbocycles. The predicted octanol–water partition coefficient (Wildman–Crippen LogP) is 0.172. The molecule has 0 bridgehead atoms. The first-order chi connectivity index (χ1) is 8.65. The lowest BCUT2D eigenvalue weighted by Gasteiger charge is -2.08. The molecular weight excluding hydrogens is 237 g/mol. The number of aromatic nitrogens is 4. The SMILES string of the molecule is Cn1nnc([C@H](O)CNCc2ccc(F)cc2)n1. The van der Waals surface area contributed by atoms with Crippen LogP contribution in [0.2, 0.25) is 0 Å². The van der Waals surface area contributed by atoms with Crippen LogP contribution in [0, 0.1) is 5.82 Å². The molecule has 0 unspecified atom stereocenters. The molecule has 96 valence electrons. The topological polar surface area (TPSA) is 75.9 Å². The molecule has 6 nitrogen and oxygen atoms in total. The van der Waals surface area contributed by atoms with E-state index < -0.39 is 6.10 Å². The van der Waals surface area contributed by atoms with Gasteiger partial charge in [-0.1, -0.05) is 12.1 Å². The summed E-state index contributed by atoms with van der Waals surface area (Å²) in [7, 11) is 1.63. The van der Waals surface area contributed by atoms with Crippen LogP contribution in [0.4, 0.5) is 4.39 Å². The average Bonchev–Trinajstić information content (AvgIpc) is 2.78. The maximum atomic E-state index is 12.7. The Hall–Kier alpha value is -1.86. The summed E-state index contributed by atoms with van der Waals surface area (Å²) in [5, 5.41) is 24.1. The molecule has 1 aromatic heterocycles. The number of aryl methyl sites for hydroxylation is 1. The summed E-state index contributed by atoms with van der Waals surface area (Å²) in [6.45, 7) is 0.848. The normalized spacial score (nSPS) is 12.6. The molecule has 7 heteroatoms. The van der Waals surface area contributed by atoms with Crippen LogP contribution in [0.15, 0.2) is 24.3 Å². The number of hydrogen-bond donors (Lipinski definition) is 2. The second kappa shape index (κ2) is 5.65. The summed E-state index contributed by atoms with van der Waals surface area (Å²) in [5.74, 6) is 0.0200. The van der Waals surface area contributed by atoms with Crippen molar-refractivity contribution in [2.45, 2.75) is 12.6 Å². The standard InChI is InChI=1S/C11H14FN5O/c1-17-15-11(14-16-17)10(18)7-13-6-8-2-4-9(12)5-3-8/h2-5,10,13,18H,6-7H2,1H3/t10-/m1/s1. The number of nitrogens with one attached hydrogen (secondary N) is 1. The highest BCUT2D eigenvalue weighted by molar-refractivity contribution is 5.15. The van der Waals surface area contributed by atoms with E-state index in [1.165, 1.54) is 16.9 Å². The number of rotatable bonds is 5. The van der Waals surface area contributed by atoms with Gasteiger partial charge in [-0.3, -0.25) is 0 Å². The summed E-state index contributed by atoms with van der Waals surface area (Å²) < 4.78 is 12.7. The third kappa shape index (κ3) is 3.31. The number of nitrogens with zero attached hydrogens (tertiary/aromatic N) is 4. The monoisotopic (exact) mass is 251 g/mol. The van der Waals surface area contributed by atoms with Crippen molar-refractivity contribution in [1.29, 1.82) is 0 Å². The average molecular weight is 251 g/mol. The van der Waals surface area contributed by atoms with Gasteiger partial charge >= 0.3 is 0 Å². The van der Waals surface area contributed by atoms with Crippen LogP contribution in [0.3, 0.4) is 0 Å². The van der Waals surface area contributed by atoms with Crippen LogP contribution in [-0.2, 0) is 13.6 Å². The summed E-state index contributed by atoms with van der Waals surface area (Å²) in [4.78, 5) is 1.29. The van der Waals surface area contributed by atoms with Crippen LogP contribution in [0.25, 0.3) is 0 Å². The highest BCUT2D eigenvalue weighted by Crippen LogP contribution is 2.05. The fourth-order valence-corrected chi connectivity index (χ4v) is 1.48. The molecule has 18 heavy (non-hydrogen) atoms. The maximum Gasteiger partial charge on any atom is 0.204 e. The van der Waals surface area contributed by atoms with Gasteiger partial charge in [0, 0.05) is 13.1 Å². The first-order valence-electron chi connectivity index (χ1n) is 5.52. The molecule has 2 rings (SSSR count). The smallest absolute Gasteiger partial charge is 0.204 e. The van der Waals surface area contributed by atoms with E-state index in [2.05, 4.69) is 20.7 Å². The molecule has 0 fully saturated rings. The molecule has 1 aromatic carbocycles. The Morgan fingerprint density at radius 3 is 2.72 bits per heavy atom. The molecule has 2 N–H and O–H groups in total. The summed E-state index contributed by atoms with van der Waals surface area (Å²) in [6.07, 6.45) is -0.806. The molecule has 0 aliphatic heterocycles. The van der Waals surface area contributed by atoms with Gasteiger partial charge in [0.15, 0.2) is 0 Å². The number of benzene rings is 1. The molecular formula is C11H14FN5O. The lowest BCUT2D eigenvalue weighted by molar-refractivity contribution is 0.164. The van der Waals surface area contributed by atoms with Gasteiger partial charge in [-0.05, 0) is 22.9 Å². The van der Waals surface area contributed by atoms with E-state index in [1.807, 2.05) is 0 Å². The molecule has 1 heterocycles. The van der Waals surface area contributed by atoms with E-state index in [0.717, 1.165) is 5.56 Å². The number of halogens is 1. The Labute approximate surface area is 103 Å². The number of aliphatic hydroxyl groups excluding tert-OH is 1. The molecule has 0 saturated heterocycles. The minimum Gasteiger partial charge on any atom is -0.384 e. The highest BCUT2D eigenvalue weighted by Gasteiger charge is 2.12. The second-order valence-electron chi connectivity index (χ2n) is 3.91. The zero-order valence-electron chi connectivity index (χ0n) is 9.91. The molecule has 0 amide bonds. The molecule has 0 aliphatic carbocycles. The Kier molecular flexibility index (Phi) is 3.96. The zero-order chi connectivity index (χ0) is 13.0. The van der Waals surface area contributed by atoms with Crippen molar-refractivity contribution < 1.29 is 9.50 Å². The first kappa shape index (κ1) is 12.6. The predicted molar refractivity (Wildman–Crippen MR) is 61.9 cm³/mol. The van der Waals surface area contributed by atoms with Gasteiger partial charge in [0.25, 0.3) is 0 Å². The Bertz CT molecular complexity index is 498. The lowest BCUT2D eigenvalue weighted by Crippen LogP contribution is -2.22. The van der Waals surface area contributed by atoms with Crippen LogP contribution in [0.5, 0.6) is 0 Å². The quantitative estimate of drug-likeness (QED) is 0.792. The number of hydrogen-bond acceptors (Lipinski definition) is 5. The van der Waals surface area contributed by atoms with Crippen molar-refractivity contribution in [2.75, 3.05) is 6.54 Å². The van der Waals surface area contributed by atoms with Gasteiger partial charge in [0.05, 0.1) is 7.05 Å². The van der Waals surface area contributed by atoms with Crippen LogP contribution in [-0.4, -0.2) is 31.9 Å². The van der Waals surface area contributed by atoms with Crippen LogP contribution < -0.4 is 5.32 Å². The second-order valence-corrected chi connectivity index (χ2v) is 3.91. The van der Waals surface area contributed by atoms with Crippen LogP contribution in [0.1, 0.15) is 17.5 Å². The highest BCUT2D eigenvalue weighted by atomic mass is 19.1. The van der Waals surface area contributed by atoms with Gasteiger partial charge in [-0.25, -0.2) is 4.39 Å². The van der Waals surface area contributed by atoms with E-state index in [1.54, 1.807) is 19.2 Å². The number of tetrazole rings is 1. The molecule has 0 radical (unpaired) electrons. The Morgan fingerprint density at radius 1 is 1.39 bits per heavy atom. The summed E-state index contributed by atoms with van der Waals surface area (Å²) in [6, 6.07) is 6.18. The third-order valence-electron chi connectivity index (χ3n) is 2.40. The van der Waals surface area contributed by atoms with Gasteiger partial charge in [-0.15, -0.1) is 10.2 Å². The molecule has 0 spiro atoms. The van der Waals surface area contributed by atoms with Crippen molar-refractivity contribution >= 4 is 0 Å². The number of aliphatic hydroxyl groups is 1. The largest absolute Gasteiger partial charge is 0.384 e. The maximum absolute atomic E-state index is 12.7. The lowest BCUT2D eigenvalue weighted by atomic mass is 10.2. The Balaban J connectivity index is 1.80. The minimum atomic E-state index is -0.806. The Morgan fingerprint density at radius 2 is 2.11 bits per heavy atom. The fourth-order valence-electron chi connectivity index (χ4n) is 1.48. The molecule has 1 atom stereocenters. The molecule has 2 aromatic rings. The van der Waals surface area contributed by atoms with Gasteiger partial charge in [0.1, 0.15) is 11.9 Å². The van der Waals surface area contributed by atoms with Crippen molar-refractivity contribution in [3.05, 3.63) is 41.5 Å². The van der Waals surface area contributed by atoms with Crippen molar-refractivity contribution in [3.63, 3.8) is 0 Å². The fraction of sp³-hybridized carbons (Fsp3) is 0.364. The van der Waals surface area contributed by atoms with Crippen molar-refractivity contribution in [2.24, 2.45) is 7.05 Å². The van der Waals surface area contributed by atoms with Crippen molar-refractivity contribution in [3.8, 4) is 0 Å². The third-order valence-corrected chi connectivity index (χ3v) is 2.40. The first-order valence-corrected chi connectivity index (χ1v) is 5.52. The van der Waals surface area contributed by atoms with E-state index >= 15 is 0 Å². The molecule has 0 aliphatic rings. The summed E-state index contributed by atoms with van der Waals surface area (Å²) in [5.41, 5.74) is 0.940. The van der Waals surface area contributed by atoms with E-state index in [4.69, 9.17) is 0 Å². The van der Waals surface area contributed by atoms with E-state index in [-0.39, 0.29) is 11.6 Å². The minimum absolute atomic E-state index is 0.262. The zero-order valence-corrected chi connectivity index (χ0v) is 9.91. The van der Waals surface area contributed by atoms with Gasteiger partial charge < -0.3 is 10.4 Å². The van der Waals surface area contributed by atoms with Crippen LogP contribution >= 0.6 is 0 Å². The van der Waals surface area contributed by atoms with E-state index in [0.29, 0.717) is 13.1 Å². The summed E-state index contributed by atoms with van der Waals surface area (Å²) >= 11 is 0. The van der Waals surface area contributed by atoms with Crippen molar-refractivity contribution in [1.82, 2.24) is 25.5 Å². The van der Waals surface area contributed by atoms with Gasteiger partial charge in [-0.2, -0.15) is 4.80 Å².